The number of carbonyl (C=O) groups is 1. The average molecular weight is 473 g/mol. The lowest BCUT2D eigenvalue weighted by atomic mass is 9.83. The first-order valence-electron chi connectivity index (χ1n) is 11.4. The molecule has 1 atom stereocenters. The van der Waals surface area contributed by atoms with Crippen molar-refractivity contribution in [3.8, 4) is 23.3 Å². The third-order valence-corrected chi connectivity index (χ3v) is 5.71. The van der Waals surface area contributed by atoms with Gasteiger partial charge in [-0.05, 0) is 54.4 Å². The standard InChI is InChI=1S/C28H25FN2O4/c1-2-3-4-15-33-21-11-7-18(8-12-21)26-23-14-13-22(16-25(23)35-27(31)24(26)17-30)34-28(32)19-5-9-20(29)10-6-19/h5-14,16,26H,2-4,15,31H2,1H3. The molecule has 0 radical (unpaired) electrons. The fourth-order valence-corrected chi connectivity index (χ4v) is 3.89. The molecule has 3 aromatic rings. The molecule has 35 heavy (non-hydrogen) atoms. The third kappa shape index (κ3) is 5.44. The van der Waals surface area contributed by atoms with Crippen LogP contribution in [0.25, 0.3) is 0 Å². The molecular weight excluding hydrogens is 447 g/mol. The van der Waals surface area contributed by atoms with Crippen LogP contribution in [0.4, 0.5) is 4.39 Å². The molecule has 1 aliphatic heterocycles. The second-order valence-electron chi connectivity index (χ2n) is 8.15. The van der Waals surface area contributed by atoms with Gasteiger partial charge in [-0.15, -0.1) is 0 Å². The normalized spacial score (nSPS) is 14.5. The summed E-state index contributed by atoms with van der Waals surface area (Å²) in [7, 11) is 0. The minimum atomic E-state index is -0.631. The maximum absolute atomic E-state index is 13.1. The Morgan fingerprint density at radius 3 is 2.46 bits per heavy atom. The zero-order valence-corrected chi connectivity index (χ0v) is 19.3. The number of esters is 1. The number of benzene rings is 3. The highest BCUT2D eigenvalue weighted by molar-refractivity contribution is 5.91. The predicted molar refractivity (Wildman–Crippen MR) is 129 cm³/mol. The van der Waals surface area contributed by atoms with E-state index >= 15 is 0 Å². The van der Waals surface area contributed by atoms with Crippen molar-refractivity contribution in [3.05, 3.63) is 101 Å². The van der Waals surface area contributed by atoms with Crippen LogP contribution in [0.15, 0.2) is 78.2 Å². The van der Waals surface area contributed by atoms with Gasteiger partial charge in [-0.2, -0.15) is 5.26 Å². The maximum atomic E-state index is 13.1. The van der Waals surface area contributed by atoms with Gasteiger partial charge in [-0.3, -0.25) is 0 Å². The van der Waals surface area contributed by atoms with Crippen molar-refractivity contribution in [1.82, 2.24) is 0 Å². The summed E-state index contributed by atoms with van der Waals surface area (Å²) in [5, 5.41) is 9.77. The molecule has 1 aliphatic rings. The van der Waals surface area contributed by atoms with Crippen LogP contribution in [0, 0.1) is 17.1 Å². The molecule has 1 unspecified atom stereocenters. The van der Waals surface area contributed by atoms with Crippen LogP contribution in [-0.4, -0.2) is 12.6 Å². The second-order valence-corrected chi connectivity index (χ2v) is 8.15. The highest BCUT2D eigenvalue weighted by Gasteiger charge is 2.31. The summed E-state index contributed by atoms with van der Waals surface area (Å²) in [4.78, 5) is 12.4. The molecule has 0 bridgehead atoms. The third-order valence-electron chi connectivity index (χ3n) is 5.71. The minimum Gasteiger partial charge on any atom is -0.494 e. The van der Waals surface area contributed by atoms with E-state index in [1.54, 1.807) is 18.2 Å². The van der Waals surface area contributed by atoms with Crippen molar-refractivity contribution in [3.63, 3.8) is 0 Å². The van der Waals surface area contributed by atoms with Gasteiger partial charge in [0.05, 0.1) is 18.1 Å². The van der Waals surface area contributed by atoms with Crippen LogP contribution in [0.2, 0.25) is 0 Å². The fourth-order valence-electron chi connectivity index (χ4n) is 3.89. The summed E-state index contributed by atoms with van der Waals surface area (Å²) >= 11 is 0. The number of allylic oxidation sites excluding steroid dienone is 1. The highest BCUT2D eigenvalue weighted by atomic mass is 19.1. The van der Waals surface area contributed by atoms with Crippen LogP contribution in [0.3, 0.4) is 0 Å². The lowest BCUT2D eigenvalue weighted by molar-refractivity contribution is 0.0734. The Bertz CT molecular complexity index is 1280. The second kappa shape index (κ2) is 10.7. The SMILES string of the molecule is CCCCCOc1ccc(C2C(C#N)=C(N)Oc3cc(OC(=O)c4ccc(F)cc4)ccc32)cc1. The highest BCUT2D eigenvalue weighted by Crippen LogP contribution is 2.43. The summed E-state index contributed by atoms with van der Waals surface area (Å²) in [6.45, 7) is 2.80. The van der Waals surface area contributed by atoms with Gasteiger partial charge >= 0.3 is 5.97 Å². The number of halogens is 1. The van der Waals surface area contributed by atoms with Crippen molar-refractivity contribution in [2.75, 3.05) is 6.61 Å². The molecule has 0 saturated heterocycles. The Balaban J connectivity index is 1.57. The van der Waals surface area contributed by atoms with E-state index in [1.807, 2.05) is 24.3 Å². The Hall–Kier alpha value is -4.31. The fraction of sp³-hybridized carbons (Fsp3) is 0.214. The van der Waals surface area contributed by atoms with Crippen LogP contribution in [-0.2, 0) is 0 Å². The number of nitrogens with zero attached hydrogens (tertiary/aromatic N) is 1. The molecule has 0 aliphatic carbocycles. The molecule has 1 heterocycles. The van der Waals surface area contributed by atoms with Gasteiger partial charge in [0.2, 0.25) is 5.88 Å². The van der Waals surface area contributed by atoms with E-state index in [0.29, 0.717) is 23.5 Å². The molecule has 0 aromatic heterocycles. The van der Waals surface area contributed by atoms with E-state index in [-0.39, 0.29) is 17.2 Å². The number of unbranched alkanes of at least 4 members (excludes halogenated alkanes) is 2. The quantitative estimate of drug-likeness (QED) is 0.252. The first-order valence-corrected chi connectivity index (χ1v) is 11.4. The number of fused-ring (bicyclic) bond motifs is 1. The van der Waals surface area contributed by atoms with Gasteiger partial charge < -0.3 is 19.9 Å². The number of nitriles is 1. The summed E-state index contributed by atoms with van der Waals surface area (Å²) in [5.41, 5.74) is 8.16. The van der Waals surface area contributed by atoms with E-state index in [1.165, 1.54) is 24.3 Å². The van der Waals surface area contributed by atoms with Gasteiger partial charge in [0.15, 0.2) is 0 Å². The Labute approximate surface area is 203 Å². The summed E-state index contributed by atoms with van der Waals surface area (Å²) < 4.78 is 30.1. The number of nitrogens with two attached hydrogens (primary N) is 1. The van der Waals surface area contributed by atoms with Crippen LogP contribution in [0.1, 0.15) is 53.6 Å². The molecule has 0 saturated carbocycles. The van der Waals surface area contributed by atoms with Crippen molar-refractivity contribution in [1.29, 1.82) is 5.26 Å². The van der Waals surface area contributed by atoms with E-state index in [2.05, 4.69) is 13.0 Å². The Morgan fingerprint density at radius 1 is 1.06 bits per heavy atom. The number of hydrogen-bond acceptors (Lipinski definition) is 6. The number of rotatable bonds is 8. The molecular formula is C28H25FN2O4. The molecule has 178 valence electrons. The van der Waals surface area contributed by atoms with E-state index in [4.69, 9.17) is 19.9 Å². The lowest BCUT2D eigenvalue weighted by Gasteiger charge is -2.26. The first-order chi connectivity index (χ1) is 17.0. The first kappa shape index (κ1) is 23.8. The molecule has 0 fully saturated rings. The van der Waals surface area contributed by atoms with E-state index in [0.717, 1.165) is 30.6 Å². The molecule has 6 nitrogen and oxygen atoms in total. The van der Waals surface area contributed by atoms with Crippen LogP contribution >= 0.6 is 0 Å². The molecule has 7 heteroatoms. The Morgan fingerprint density at radius 2 is 1.77 bits per heavy atom. The van der Waals surface area contributed by atoms with E-state index in [9.17, 15) is 14.4 Å². The zero-order chi connectivity index (χ0) is 24.8. The van der Waals surface area contributed by atoms with Crippen molar-refractivity contribution in [2.45, 2.75) is 32.1 Å². The minimum absolute atomic E-state index is 0.00750. The number of carbonyl (C=O) groups excluding carboxylic acids is 1. The monoisotopic (exact) mass is 472 g/mol. The van der Waals surface area contributed by atoms with Crippen LogP contribution in [0.5, 0.6) is 17.2 Å². The Kier molecular flexibility index (Phi) is 7.32. The molecule has 4 rings (SSSR count). The number of ether oxygens (including phenoxy) is 3. The van der Waals surface area contributed by atoms with Crippen molar-refractivity contribution >= 4 is 5.97 Å². The summed E-state index contributed by atoms with van der Waals surface area (Å²) in [6.07, 6.45) is 3.24. The zero-order valence-electron chi connectivity index (χ0n) is 19.3. The summed E-state index contributed by atoms with van der Waals surface area (Å²) in [6, 6.07) is 19.7. The van der Waals surface area contributed by atoms with Crippen molar-refractivity contribution < 1.29 is 23.4 Å². The van der Waals surface area contributed by atoms with Gasteiger partial charge in [-0.1, -0.05) is 38.0 Å². The topological polar surface area (TPSA) is 94.6 Å². The van der Waals surface area contributed by atoms with Gasteiger partial charge in [0.1, 0.15) is 34.7 Å². The average Bonchev–Trinajstić information content (AvgIpc) is 2.86. The molecule has 3 aromatic carbocycles. The van der Waals surface area contributed by atoms with Crippen molar-refractivity contribution in [2.24, 2.45) is 5.73 Å². The lowest BCUT2D eigenvalue weighted by Crippen LogP contribution is -2.21. The van der Waals surface area contributed by atoms with E-state index < -0.39 is 17.7 Å². The maximum Gasteiger partial charge on any atom is 0.343 e. The summed E-state index contributed by atoms with van der Waals surface area (Å²) in [5.74, 6) is -0.145. The number of hydrogen-bond donors (Lipinski definition) is 1. The molecule has 0 amide bonds. The van der Waals surface area contributed by atoms with Gasteiger partial charge in [-0.25, -0.2) is 9.18 Å². The largest absolute Gasteiger partial charge is 0.494 e. The van der Waals surface area contributed by atoms with Crippen LogP contribution < -0.4 is 19.9 Å². The van der Waals surface area contributed by atoms with Gasteiger partial charge in [0, 0.05) is 11.6 Å². The molecule has 0 spiro atoms. The predicted octanol–water partition coefficient (Wildman–Crippen LogP) is 5.83. The molecule has 2 N–H and O–H groups in total. The van der Waals surface area contributed by atoms with Gasteiger partial charge in [0.25, 0.3) is 0 Å². The smallest absolute Gasteiger partial charge is 0.343 e.